The van der Waals surface area contributed by atoms with Gasteiger partial charge < -0.3 is 15.8 Å². The normalized spacial score (nSPS) is 14.6. The molecular weight excluding hydrogens is 461 g/mol. The van der Waals surface area contributed by atoms with Crippen LogP contribution >= 0.6 is 23.2 Å². The van der Waals surface area contributed by atoms with Gasteiger partial charge >= 0.3 is 0 Å². The lowest BCUT2D eigenvalue weighted by Crippen LogP contribution is -2.39. The van der Waals surface area contributed by atoms with Crippen LogP contribution in [0, 0.1) is 0 Å². The number of nitrogens with zero attached hydrogens (tertiary/aromatic N) is 5. The maximum Gasteiger partial charge on any atom is 0.225 e. The molecule has 0 saturated carbocycles. The molecule has 3 heterocycles. The van der Waals surface area contributed by atoms with E-state index in [9.17, 15) is 0 Å². The highest BCUT2D eigenvalue weighted by Gasteiger charge is 2.20. The third-order valence-electron chi connectivity index (χ3n) is 5.57. The molecule has 2 aromatic heterocycles. The Bertz CT molecular complexity index is 1270. The number of ether oxygens (including phenoxy) is 1. The summed E-state index contributed by atoms with van der Waals surface area (Å²) in [6, 6.07) is 15.1. The molecular formula is C23H23Cl2N7O. The van der Waals surface area contributed by atoms with E-state index in [1.807, 2.05) is 30.3 Å². The van der Waals surface area contributed by atoms with Crippen LogP contribution in [0.5, 0.6) is 0 Å². The zero-order valence-corrected chi connectivity index (χ0v) is 19.4. The van der Waals surface area contributed by atoms with Crippen molar-refractivity contribution in [3.05, 3.63) is 58.6 Å². The number of benzene rings is 2. The van der Waals surface area contributed by atoms with E-state index in [0.29, 0.717) is 50.8 Å². The fraction of sp³-hybridized carbons (Fsp3) is 0.261. The summed E-state index contributed by atoms with van der Waals surface area (Å²) in [4.78, 5) is 11.8. The lowest BCUT2D eigenvalue weighted by molar-refractivity contribution is 0.0398. The molecule has 0 bridgehead atoms. The summed E-state index contributed by atoms with van der Waals surface area (Å²) in [5, 5.41) is 9.66. The molecule has 0 amide bonds. The van der Waals surface area contributed by atoms with Crippen molar-refractivity contribution in [3.63, 3.8) is 0 Å². The Morgan fingerprint density at radius 2 is 1.82 bits per heavy atom. The molecule has 1 aliphatic heterocycles. The molecule has 170 valence electrons. The van der Waals surface area contributed by atoms with E-state index in [-0.39, 0.29) is 0 Å². The summed E-state index contributed by atoms with van der Waals surface area (Å²) in [5.74, 6) is 0.911. The van der Waals surface area contributed by atoms with Gasteiger partial charge in [0.1, 0.15) is 5.82 Å². The summed E-state index contributed by atoms with van der Waals surface area (Å²) >= 11 is 12.5. The van der Waals surface area contributed by atoms with Crippen molar-refractivity contribution in [2.75, 3.05) is 50.4 Å². The number of rotatable bonds is 6. The molecule has 0 aliphatic carbocycles. The molecule has 1 fully saturated rings. The van der Waals surface area contributed by atoms with Crippen LogP contribution in [-0.2, 0) is 4.74 Å². The van der Waals surface area contributed by atoms with Crippen LogP contribution in [-0.4, -0.2) is 64.0 Å². The van der Waals surface area contributed by atoms with Gasteiger partial charge in [-0.25, -0.2) is 9.67 Å². The van der Waals surface area contributed by atoms with E-state index in [1.165, 1.54) is 0 Å². The van der Waals surface area contributed by atoms with Gasteiger partial charge in [-0.2, -0.15) is 4.98 Å². The molecule has 4 aromatic rings. The quantitative estimate of drug-likeness (QED) is 0.425. The van der Waals surface area contributed by atoms with Gasteiger partial charge in [0.2, 0.25) is 5.95 Å². The van der Waals surface area contributed by atoms with Crippen LogP contribution in [0.15, 0.2) is 48.5 Å². The smallest absolute Gasteiger partial charge is 0.225 e. The van der Waals surface area contributed by atoms with Crippen LogP contribution in [0.25, 0.3) is 28.0 Å². The van der Waals surface area contributed by atoms with E-state index in [1.54, 1.807) is 22.9 Å². The summed E-state index contributed by atoms with van der Waals surface area (Å²) in [5.41, 5.74) is 9.30. The second-order valence-corrected chi connectivity index (χ2v) is 8.58. The first kappa shape index (κ1) is 21.9. The Kier molecular flexibility index (Phi) is 6.32. The number of fused-ring (bicyclic) bond motifs is 1. The maximum atomic E-state index is 6.55. The summed E-state index contributed by atoms with van der Waals surface area (Å²) < 4.78 is 7.00. The Morgan fingerprint density at radius 1 is 1.03 bits per heavy atom. The summed E-state index contributed by atoms with van der Waals surface area (Å²) in [6.45, 7) is 4.98. The Labute approximate surface area is 201 Å². The Hall–Kier alpha value is -2.91. The average Bonchev–Trinajstić information content (AvgIpc) is 3.16. The van der Waals surface area contributed by atoms with Crippen LogP contribution in [0.3, 0.4) is 0 Å². The number of morpholine rings is 1. The van der Waals surface area contributed by atoms with Gasteiger partial charge in [-0.15, -0.1) is 5.10 Å². The SMILES string of the molecule is Nc1c2c(-c3ccccc3)nc(NCCN3CCOCC3)nc2nn1-c1ccc(Cl)cc1Cl. The number of nitrogen functional groups attached to an aromatic ring is 1. The van der Waals surface area contributed by atoms with Gasteiger partial charge in [-0.3, -0.25) is 4.90 Å². The molecule has 0 unspecified atom stereocenters. The number of hydrogen-bond donors (Lipinski definition) is 2. The van der Waals surface area contributed by atoms with Crippen molar-refractivity contribution in [2.45, 2.75) is 0 Å². The van der Waals surface area contributed by atoms with Crippen molar-refractivity contribution in [1.29, 1.82) is 0 Å². The van der Waals surface area contributed by atoms with Crippen molar-refractivity contribution < 1.29 is 4.74 Å². The molecule has 1 aliphatic rings. The molecule has 33 heavy (non-hydrogen) atoms. The predicted molar refractivity (Wildman–Crippen MR) is 132 cm³/mol. The van der Waals surface area contributed by atoms with E-state index in [2.05, 4.69) is 20.3 Å². The first-order valence-corrected chi connectivity index (χ1v) is 11.5. The van der Waals surface area contributed by atoms with Crippen LogP contribution in [0.4, 0.5) is 11.8 Å². The second kappa shape index (κ2) is 9.52. The largest absolute Gasteiger partial charge is 0.383 e. The average molecular weight is 484 g/mol. The van der Waals surface area contributed by atoms with E-state index in [4.69, 9.17) is 38.7 Å². The minimum absolute atomic E-state index is 0.410. The van der Waals surface area contributed by atoms with Gasteiger partial charge in [0.05, 0.1) is 35.0 Å². The highest BCUT2D eigenvalue weighted by atomic mass is 35.5. The first-order valence-electron chi connectivity index (χ1n) is 10.7. The van der Waals surface area contributed by atoms with Crippen molar-refractivity contribution in [1.82, 2.24) is 24.6 Å². The lowest BCUT2D eigenvalue weighted by atomic mass is 10.1. The maximum absolute atomic E-state index is 6.55. The second-order valence-electron chi connectivity index (χ2n) is 7.73. The zero-order chi connectivity index (χ0) is 22.8. The van der Waals surface area contributed by atoms with Gasteiger partial charge in [-0.05, 0) is 18.2 Å². The third-order valence-corrected chi connectivity index (χ3v) is 6.11. The molecule has 0 radical (unpaired) electrons. The Balaban J connectivity index is 1.54. The van der Waals surface area contributed by atoms with Crippen LogP contribution in [0.1, 0.15) is 0 Å². The fourth-order valence-corrected chi connectivity index (χ4v) is 4.37. The topological polar surface area (TPSA) is 94.1 Å². The van der Waals surface area contributed by atoms with Gasteiger partial charge in [0.25, 0.3) is 0 Å². The minimum Gasteiger partial charge on any atom is -0.383 e. The lowest BCUT2D eigenvalue weighted by Gasteiger charge is -2.26. The molecule has 1 saturated heterocycles. The van der Waals surface area contributed by atoms with Gasteiger partial charge in [0, 0.05) is 36.8 Å². The molecule has 10 heteroatoms. The highest BCUT2D eigenvalue weighted by Crippen LogP contribution is 2.34. The predicted octanol–water partition coefficient (Wildman–Crippen LogP) is 4.12. The summed E-state index contributed by atoms with van der Waals surface area (Å²) in [6.07, 6.45) is 0. The molecule has 8 nitrogen and oxygen atoms in total. The van der Waals surface area contributed by atoms with Crippen molar-refractivity contribution in [2.24, 2.45) is 0 Å². The van der Waals surface area contributed by atoms with Gasteiger partial charge in [-0.1, -0.05) is 53.5 Å². The molecule has 2 aromatic carbocycles. The van der Waals surface area contributed by atoms with Crippen LogP contribution < -0.4 is 11.1 Å². The number of hydrogen-bond acceptors (Lipinski definition) is 7. The van der Waals surface area contributed by atoms with Crippen molar-refractivity contribution >= 4 is 46.0 Å². The molecule has 3 N–H and O–H groups in total. The minimum atomic E-state index is 0.410. The first-order chi connectivity index (χ1) is 16.1. The van der Waals surface area contributed by atoms with E-state index in [0.717, 1.165) is 38.4 Å². The number of nitrogens with one attached hydrogen (secondary N) is 1. The van der Waals surface area contributed by atoms with E-state index < -0.39 is 0 Å². The monoisotopic (exact) mass is 483 g/mol. The molecule has 5 rings (SSSR count). The van der Waals surface area contributed by atoms with Gasteiger partial charge in [0.15, 0.2) is 5.65 Å². The number of nitrogens with two attached hydrogens (primary N) is 1. The summed E-state index contributed by atoms with van der Waals surface area (Å²) in [7, 11) is 0. The third kappa shape index (κ3) is 4.60. The highest BCUT2D eigenvalue weighted by molar-refractivity contribution is 6.35. The number of halogens is 2. The standard InChI is InChI=1S/C23H23Cl2N7O/c24-16-6-7-18(17(25)14-16)32-21(26)19-20(15-4-2-1-3-5-15)28-23(29-22(19)30-32)27-8-9-31-10-12-33-13-11-31/h1-7,14H,8-13,26H2,(H,27,29,30). The van der Waals surface area contributed by atoms with Crippen molar-refractivity contribution in [3.8, 4) is 16.9 Å². The number of aromatic nitrogens is 4. The number of anilines is 2. The Morgan fingerprint density at radius 3 is 2.58 bits per heavy atom. The molecule has 0 atom stereocenters. The zero-order valence-electron chi connectivity index (χ0n) is 17.8. The van der Waals surface area contributed by atoms with Crippen LogP contribution in [0.2, 0.25) is 10.0 Å². The fourth-order valence-electron chi connectivity index (χ4n) is 3.88. The molecule has 0 spiro atoms. The van der Waals surface area contributed by atoms with E-state index >= 15 is 0 Å².